The Morgan fingerprint density at radius 3 is 2.50 bits per heavy atom. The SMILES string of the molecule is O=C(Nc1ccc2c(c1)OCO2)C1CCN(C(C(=O)c2c[nH]c3ccccc23)c2ccccc2)CC1. The highest BCUT2D eigenvalue weighted by molar-refractivity contribution is 6.10. The van der Waals surface area contributed by atoms with Gasteiger partial charge in [-0.3, -0.25) is 14.5 Å². The fourth-order valence-corrected chi connectivity index (χ4v) is 5.22. The first-order valence-electron chi connectivity index (χ1n) is 12.3. The average Bonchev–Trinajstić information content (AvgIpc) is 3.57. The van der Waals surface area contributed by atoms with Crippen LogP contribution in [0, 0.1) is 5.92 Å². The molecule has 0 spiro atoms. The van der Waals surface area contributed by atoms with E-state index in [-0.39, 0.29) is 24.4 Å². The summed E-state index contributed by atoms with van der Waals surface area (Å²) in [6.45, 7) is 1.52. The van der Waals surface area contributed by atoms with Crippen molar-refractivity contribution in [2.45, 2.75) is 18.9 Å². The van der Waals surface area contributed by atoms with E-state index < -0.39 is 6.04 Å². The van der Waals surface area contributed by atoms with Crippen molar-refractivity contribution in [3.63, 3.8) is 0 Å². The molecule has 36 heavy (non-hydrogen) atoms. The fraction of sp³-hybridized carbons (Fsp3) is 0.241. The van der Waals surface area contributed by atoms with Crippen molar-refractivity contribution in [1.29, 1.82) is 0 Å². The Balaban J connectivity index is 1.18. The van der Waals surface area contributed by atoms with Gasteiger partial charge in [0.1, 0.15) is 0 Å². The molecule has 7 heteroatoms. The molecule has 0 bridgehead atoms. The van der Waals surface area contributed by atoms with Crippen LogP contribution in [0.2, 0.25) is 0 Å². The molecule has 4 aromatic rings. The van der Waals surface area contributed by atoms with E-state index in [2.05, 4.69) is 15.2 Å². The predicted octanol–water partition coefficient (Wildman–Crippen LogP) is 5.17. The molecule has 3 heterocycles. The van der Waals surface area contributed by atoms with Crippen LogP contribution in [-0.4, -0.2) is 41.5 Å². The van der Waals surface area contributed by atoms with Crippen molar-refractivity contribution in [2.24, 2.45) is 5.92 Å². The van der Waals surface area contributed by atoms with Gasteiger partial charge in [0.15, 0.2) is 17.3 Å². The molecular weight excluding hydrogens is 454 g/mol. The Morgan fingerprint density at radius 2 is 1.67 bits per heavy atom. The Kier molecular flexibility index (Phi) is 5.91. The number of piperidine rings is 1. The van der Waals surface area contributed by atoms with Crippen LogP contribution in [0.25, 0.3) is 10.9 Å². The van der Waals surface area contributed by atoms with Crippen molar-refractivity contribution in [2.75, 3.05) is 25.2 Å². The van der Waals surface area contributed by atoms with Crippen LogP contribution >= 0.6 is 0 Å². The summed E-state index contributed by atoms with van der Waals surface area (Å²) in [6.07, 6.45) is 3.18. The Bertz CT molecular complexity index is 1410. The molecule has 182 valence electrons. The number of aromatic amines is 1. The van der Waals surface area contributed by atoms with Gasteiger partial charge in [0, 0.05) is 40.3 Å². The molecule has 1 saturated heterocycles. The number of nitrogens with zero attached hydrogens (tertiary/aromatic N) is 1. The van der Waals surface area contributed by atoms with Crippen molar-refractivity contribution < 1.29 is 19.1 Å². The van der Waals surface area contributed by atoms with E-state index in [1.807, 2.05) is 66.9 Å². The van der Waals surface area contributed by atoms with Crippen LogP contribution in [0.5, 0.6) is 11.5 Å². The molecule has 3 aromatic carbocycles. The molecule has 2 aliphatic heterocycles. The third kappa shape index (κ3) is 4.22. The zero-order valence-corrected chi connectivity index (χ0v) is 19.8. The fourth-order valence-electron chi connectivity index (χ4n) is 5.22. The zero-order valence-electron chi connectivity index (χ0n) is 19.8. The zero-order chi connectivity index (χ0) is 24.5. The quantitative estimate of drug-likeness (QED) is 0.371. The van der Waals surface area contributed by atoms with E-state index >= 15 is 0 Å². The number of likely N-dealkylation sites (tertiary alicyclic amines) is 1. The van der Waals surface area contributed by atoms with Crippen molar-refractivity contribution in [1.82, 2.24) is 9.88 Å². The van der Waals surface area contributed by atoms with Crippen LogP contribution in [-0.2, 0) is 4.79 Å². The van der Waals surface area contributed by atoms with Crippen LogP contribution in [0.3, 0.4) is 0 Å². The van der Waals surface area contributed by atoms with Gasteiger partial charge in [0.05, 0.1) is 6.04 Å². The number of ketones is 1. The lowest BCUT2D eigenvalue weighted by molar-refractivity contribution is -0.121. The summed E-state index contributed by atoms with van der Waals surface area (Å²) < 4.78 is 10.8. The molecule has 0 aliphatic carbocycles. The predicted molar refractivity (Wildman–Crippen MR) is 137 cm³/mol. The maximum absolute atomic E-state index is 13.9. The number of Topliss-reactive ketones (excluding diaryl/α,β-unsaturated/α-hetero) is 1. The van der Waals surface area contributed by atoms with Gasteiger partial charge in [0.25, 0.3) is 0 Å². The number of nitrogens with one attached hydrogen (secondary N) is 2. The number of hydrogen-bond acceptors (Lipinski definition) is 5. The van der Waals surface area contributed by atoms with Gasteiger partial charge in [-0.2, -0.15) is 0 Å². The largest absolute Gasteiger partial charge is 0.454 e. The van der Waals surface area contributed by atoms with E-state index in [0.29, 0.717) is 48.7 Å². The number of amides is 1. The molecule has 0 radical (unpaired) electrons. The number of rotatable bonds is 6. The molecule has 1 aromatic heterocycles. The number of hydrogen-bond donors (Lipinski definition) is 2. The smallest absolute Gasteiger partial charge is 0.231 e. The second kappa shape index (κ2) is 9.51. The lowest BCUT2D eigenvalue weighted by Crippen LogP contribution is -2.42. The van der Waals surface area contributed by atoms with Crippen LogP contribution in [0.1, 0.15) is 34.8 Å². The molecule has 1 fully saturated rings. The molecule has 2 N–H and O–H groups in total. The molecule has 2 aliphatic rings. The minimum Gasteiger partial charge on any atom is -0.454 e. The summed E-state index contributed by atoms with van der Waals surface area (Å²) in [5.74, 6) is 1.28. The van der Waals surface area contributed by atoms with Gasteiger partial charge >= 0.3 is 0 Å². The number of carbonyl (C=O) groups excluding carboxylic acids is 2. The summed E-state index contributed by atoms with van der Waals surface area (Å²) in [5.41, 5.74) is 3.31. The van der Waals surface area contributed by atoms with E-state index in [0.717, 1.165) is 16.5 Å². The maximum atomic E-state index is 13.9. The van der Waals surface area contributed by atoms with Crippen molar-refractivity contribution in [3.8, 4) is 11.5 Å². The molecule has 1 unspecified atom stereocenters. The molecule has 6 rings (SSSR count). The third-order valence-electron chi connectivity index (χ3n) is 7.12. The number of H-pyrrole nitrogens is 1. The van der Waals surface area contributed by atoms with E-state index in [1.165, 1.54) is 0 Å². The van der Waals surface area contributed by atoms with Gasteiger partial charge < -0.3 is 19.8 Å². The molecule has 0 saturated carbocycles. The highest BCUT2D eigenvalue weighted by Gasteiger charge is 2.34. The van der Waals surface area contributed by atoms with E-state index in [9.17, 15) is 9.59 Å². The standard InChI is InChI=1S/C29H27N3O4/c33-28(23-17-30-24-9-5-4-8-22(23)24)27(19-6-2-1-3-7-19)32-14-12-20(13-15-32)29(34)31-21-10-11-25-26(16-21)36-18-35-25/h1-11,16-17,20,27,30H,12-15,18H2,(H,31,34). The highest BCUT2D eigenvalue weighted by atomic mass is 16.7. The van der Waals surface area contributed by atoms with Gasteiger partial charge in [-0.15, -0.1) is 0 Å². The number of ether oxygens (including phenoxy) is 2. The van der Waals surface area contributed by atoms with Crippen LogP contribution in [0.15, 0.2) is 79.0 Å². The number of carbonyl (C=O) groups is 2. The normalized spacial score (nSPS) is 16.7. The number of aromatic nitrogens is 1. The Hall–Kier alpha value is -4.10. The van der Waals surface area contributed by atoms with E-state index in [1.54, 1.807) is 12.1 Å². The Morgan fingerprint density at radius 1 is 0.917 bits per heavy atom. The maximum Gasteiger partial charge on any atom is 0.231 e. The van der Waals surface area contributed by atoms with Gasteiger partial charge in [-0.25, -0.2) is 0 Å². The van der Waals surface area contributed by atoms with Gasteiger partial charge in [-0.1, -0.05) is 48.5 Å². The lowest BCUT2D eigenvalue weighted by Gasteiger charge is -2.36. The summed E-state index contributed by atoms with van der Waals surface area (Å²) in [6, 6.07) is 22.8. The summed E-state index contributed by atoms with van der Waals surface area (Å²) in [7, 11) is 0. The van der Waals surface area contributed by atoms with Crippen LogP contribution < -0.4 is 14.8 Å². The summed E-state index contributed by atoms with van der Waals surface area (Å²) >= 11 is 0. The number of fused-ring (bicyclic) bond motifs is 2. The molecule has 7 nitrogen and oxygen atoms in total. The second-order valence-electron chi connectivity index (χ2n) is 9.29. The van der Waals surface area contributed by atoms with Crippen molar-refractivity contribution in [3.05, 3.63) is 90.1 Å². The average molecular weight is 482 g/mol. The van der Waals surface area contributed by atoms with Crippen LogP contribution in [0.4, 0.5) is 5.69 Å². The first kappa shape index (κ1) is 22.4. The minimum absolute atomic E-state index is 0.00673. The summed E-state index contributed by atoms with van der Waals surface area (Å²) in [4.78, 5) is 32.4. The molecule has 1 amide bonds. The highest BCUT2D eigenvalue weighted by Crippen LogP contribution is 2.35. The molecular formula is C29H27N3O4. The number of benzene rings is 3. The third-order valence-corrected chi connectivity index (χ3v) is 7.12. The topological polar surface area (TPSA) is 83.7 Å². The molecule has 1 atom stereocenters. The van der Waals surface area contributed by atoms with Gasteiger partial charge in [0.2, 0.25) is 12.7 Å². The minimum atomic E-state index is -0.400. The second-order valence-corrected chi connectivity index (χ2v) is 9.29. The first-order chi connectivity index (χ1) is 17.7. The monoisotopic (exact) mass is 481 g/mol. The summed E-state index contributed by atoms with van der Waals surface area (Å²) in [5, 5.41) is 3.95. The van der Waals surface area contributed by atoms with Crippen molar-refractivity contribution >= 4 is 28.3 Å². The van der Waals surface area contributed by atoms with E-state index in [4.69, 9.17) is 9.47 Å². The number of para-hydroxylation sites is 1. The lowest BCUT2D eigenvalue weighted by atomic mass is 9.90. The first-order valence-corrected chi connectivity index (χ1v) is 12.3. The Labute approximate surface area is 209 Å². The van der Waals surface area contributed by atoms with Gasteiger partial charge in [-0.05, 0) is 49.7 Å². The number of anilines is 1.